The van der Waals surface area contributed by atoms with Crippen LogP contribution in [0.15, 0.2) is 12.4 Å². The highest BCUT2D eigenvalue weighted by Gasteiger charge is 2.16. The maximum atomic E-state index is 4.23. The Morgan fingerprint density at radius 2 is 2.41 bits per heavy atom. The third kappa shape index (κ3) is 3.82. The van der Waals surface area contributed by atoms with E-state index in [1.807, 2.05) is 17.9 Å². The van der Waals surface area contributed by atoms with Gasteiger partial charge >= 0.3 is 0 Å². The molecule has 1 aliphatic heterocycles. The number of nitrogens with one attached hydrogen (secondary N) is 1. The number of nitrogens with zero attached hydrogens (tertiary/aromatic N) is 3. The second-order valence-electron chi connectivity index (χ2n) is 5.00. The van der Waals surface area contributed by atoms with Crippen LogP contribution < -0.4 is 5.32 Å². The van der Waals surface area contributed by atoms with Crippen LogP contribution in [0.1, 0.15) is 31.7 Å². The number of hydrogen-bond acceptors (Lipinski definition) is 3. The Kier molecular flexibility index (Phi) is 4.57. The van der Waals surface area contributed by atoms with Crippen LogP contribution >= 0.6 is 0 Å². The van der Waals surface area contributed by atoms with E-state index in [0.717, 1.165) is 19.6 Å². The summed E-state index contributed by atoms with van der Waals surface area (Å²) >= 11 is 0. The predicted octanol–water partition coefficient (Wildman–Crippen LogP) is 1.38. The lowest BCUT2D eigenvalue weighted by Crippen LogP contribution is -2.43. The van der Waals surface area contributed by atoms with Gasteiger partial charge in [-0.25, -0.2) is 0 Å². The summed E-state index contributed by atoms with van der Waals surface area (Å²) in [6, 6.07) is 0.681. The minimum Gasteiger partial charge on any atom is -0.313 e. The molecule has 1 unspecified atom stereocenters. The minimum atomic E-state index is 0.681. The molecule has 4 nitrogen and oxygen atoms in total. The number of aryl methyl sites for hydroxylation is 1. The maximum absolute atomic E-state index is 4.23. The summed E-state index contributed by atoms with van der Waals surface area (Å²) in [6.07, 6.45) is 8.12. The van der Waals surface area contributed by atoms with Gasteiger partial charge in [0.15, 0.2) is 0 Å². The summed E-state index contributed by atoms with van der Waals surface area (Å²) < 4.78 is 1.88. The Morgan fingerprint density at radius 3 is 3.00 bits per heavy atom. The SMILES string of the molecule is CCN(Cc1cnn(C)c1)CC1CCCCN1. The van der Waals surface area contributed by atoms with E-state index in [1.165, 1.54) is 31.4 Å². The molecule has 1 N–H and O–H groups in total. The fourth-order valence-corrected chi connectivity index (χ4v) is 2.51. The number of rotatable bonds is 5. The lowest BCUT2D eigenvalue weighted by molar-refractivity contribution is 0.226. The highest BCUT2D eigenvalue weighted by molar-refractivity contribution is 5.03. The van der Waals surface area contributed by atoms with Crippen molar-refractivity contribution in [2.45, 2.75) is 38.8 Å². The Morgan fingerprint density at radius 1 is 1.53 bits per heavy atom. The molecule has 1 fully saturated rings. The summed E-state index contributed by atoms with van der Waals surface area (Å²) in [5.41, 5.74) is 1.31. The van der Waals surface area contributed by atoms with Crippen LogP contribution in [-0.4, -0.2) is 40.4 Å². The number of aromatic nitrogens is 2. The topological polar surface area (TPSA) is 33.1 Å². The zero-order valence-electron chi connectivity index (χ0n) is 11.0. The highest BCUT2D eigenvalue weighted by atomic mass is 15.2. The third-order valence-electron chi connectivity index (χ3n) is 3.50. The average molecular weight is 236 g/mol. The molecule has 1 aromatic heterocycles. The second-order valence-corrected chi connectivity index (χ2v) is 5.00. The first-order chi connectivity index (χ1) is 8.28. The van der Waals surface area contributed by atoms with E-state index in [0.29, 0.717) is 6.04 Å². The van der Waals surface area contributed by atoms with Crippen molar-refractivity contribution in [3.05, 3.63) is 18.0 Å². The average Bonchev–Trinajstić information content (AvgIpc) is 2.75. The Hall–Kier alpha value is -0.870. The predicted molar refractivity (Wildman–Crippen MR) is 69.8 cm³/mol. The van der Waals surface area contributed by atoms with E-state index >= 15 is 0 Å². The summed E-state index contributed by atoms with van der Waals surface area (Å²) in [6.45, 7) is 6.70. The molecule has 0 aliphatic carbocycles. The molecule has 1 aromatic rings. The van der Waals surface area contributed by atoms with Crippen LogP contribution in [-0.2, 0) is 13.6 Å². The Labute approximate surface area is 104 Å². The summed E-state index contributed by atoms with van der Waals surface area (Å²) in [5, 5.41) is 7.84. The van der Waals surface area contributed by atoms with E-state index in [1.54, 1.807) is 0 Å². The van der Waals surface area contributed by atoms with Crippen molar-refractivity contribution in [1.29, 1.82) is 0 Å². The van der Waals surface area contributed by atoms with E-state index in [2.05, 4.69) is 28.4 Å². The molecule has 1 saturated heterocycles. The molecule has 0 spiro atoms. The molecular formula is C13H24N4. The van der Waals surface area contributed by atoms with Crippen LogP contribution in [0.2, 0.25) is 0 Å². The lowest BCUT2D eigenvalue weighted by atomic mass is 10.0. The fourth-order valence-electron chi connectivity index (χ4n) is 2.51. The standard InChI is InChI=1S/C13H24N4/c1-3-17(10-12-8-15-16(2)9-12)11-13-6-4-5-7-14-13/h8-9,13-14H,3-7,10-11H2,1-2H3. The van der Waals surface area contributed by atoms with Gasteiger partial charge in [0.2, 0.25) is 0 Å². The first kappa shape index (κ1) is 12.6. The van der Waals surface area contributed by atoms with Crippen LogP contribution in [0.4, 0.5) is 0 Å². The molecule has 2 heterocycles. The fraction of sp³-hybridized carbons (Fsp3) is 0.769. The third-order valence-corrected chi connectivity index (χ3v) is 3.50. The molecule has 0 aromatic carbocycles. The molecule has 0 bridgehead atoms. The van der Waals surface area contributed by atoms with Crippen molar-refractivity contribution in [3.8, 4) is 0 Å². The van der Waals surface area contributed by atoms with E-state index < -0.39 is 0 Å². The summed E-state index contributed by atoms with van der Waals surface area (Å²) in [4.78, 5) is 2.50. The molecule has 0 radical (unpaired) electrons. The van der Waals surface area contributed by atoms with Crippen molar-refractivity contribution in [3.63, 3.8) is 0 Å². The van der Waals surface area contributed by atoms with Crippen molar-refractivity contribution < 1.29 is 0 Å². The van der Waals surface area contributed by atoms with Crippen LogP contribution in [0.3, 0.4) is 0 Å². The first-order valence-electron chi connectivity index (χ1n) is 6.71. The summed E-state index contributed by atoms with van der Waals surface area (Å²) in [5.74, 6) is 0. The van der Waals surface area contributed by atoms with Crippen LogP contribution in [0.5, 0.6) is 0 Å². The zero-order valence-corrected chi connectivity index (χ0v) is 11.0. The van der Waals surface area contributed by atoms with Gasteiger partial charge in [-0.3, -0.25) is 9.58 Å². The van der Waals surface area contributed by atoms with E-state index in [9.17, 15) is 0 Å². The molecular weight excluding hydrogens is 212 g/mol. The van der Waals surface area contributed by atoms with Gasteiger partial charge < -0.3 is 5.32 Å². The van der Waals surface area contributed by atoms with Gasteiger partial charge in [-0.05, 0) is 25.9 Å². The Bertz CT molecular complexity index is 328. The van der Waals surface area contributed by atoms with E-state index in [4.69, 9.17) is 0 Å². The van der Waals surface area contributed by atoms with Crippen LogP contribution in [0, 0.1) is 0 Å². The summed E-state index contributed by atoms with van der Waals surface area (Å²) in [7, 11) is 1.97. The van der Waals surface area contributed by atoms with E-state index in [-0.39, 0.29) is 0 Å². The molecule has 0 saturated carbocycles. The van der Waals surface area contributed by atoms with Gasteiger partial charge in [0, 0.05) is 37.9 Å². The van der Waals surface area contributed by atoms with Gasteiger partial charge in [0.1, 0.15) is 0 Å². The van der Waals surface area contributed by atoms with Crippen molar-refractivity contribution in [1.82, 2.24) is 20.0 Å². The number of piperidine rings is 1. The van der Waals surface area contributed by atoms with Gasteiger partial charge in [-0.2, -0.15) is 5.10 Å². The zero-order chi connectivity index (χ0) is 12.1. The largest absolute Gasteiger partial charge is 0.313 e. The van der Waals surface area contributed by atoms with Gasteiger partial charge in [-0.1, -0.05) is 13.3 Å². The molecule has 4 heteroatoms. The molecule has 2 rings (SSSR count). The molecule has 1 aliphatic rings. The van der Waals surface area contributed by atoms with Crippen molar-refractivity contribution in [2.75, 3.05) is 19.6 Å². The second kappa shape index (κ2) is 6.17. The molecule has 96 valence electrons. The van der Waals surface area contributed by atoms with Gasteiger partial charge in [-0.15, -0.1) is 0 Å². The van der Waals surface area contributed by atoms with Crippen molar-refractivity contribution >= 4 is 0 Å². The van der Waals surface area contributed by atoms with Gasteiger partial charge in [0.25, 0.3) is 0 Å². The normalized spacial score (nSPS) is 21.0. The smallest absolute Gasteiger partial charge is 0.0534 e. The van der Waals surface area contributed by atoms with Gasteiger partial charge in [0.05, 0.1) is 6.20 Å². The molecule has 1 atom stereocenters. The maximum Gasteiger partial charge on any atom is 0.0534 e. The molecule has 17 heavy (non-hydrogen) atoms. The quantitative estimate of drug-likeness (QED) is 0.838. The monoisotopic (exact) mass is 236 g/mol. The molecule has 0 amide bonds. The number of hydrogen-bond donors (Lipinski definition) is 1. The van der Waals surface area contributed by atoms with Crippen LogP contribution in [0.25, 0.3) is 0 Å². The number of likely N-dealkylation sites (N-methyl/N-ethyl adjacent to an activating group) is 1. The minimum absolute atomic E-state index is 0.681. The Balaban J connectivity index is 1.83. The van der Waals surface area contributed by atoms with Crippen molar-refractivity contribution in [2.24, 2.45) is 7.05 Å². The first-order valence-corrected chi connectivity index (χ1v) is 6.71. The highest BCUT2D eigenvalue weighted by Crippen LogP contribution is 2.10. The lowest BCUT2D eigenvalue weighted by Gasteiger charge is -2.29.